The van der Waals surface area contributed by atoms with E-state index in [1.54, 1.807) is 11.8 Å². The molecule has 9 heteroatoms. The summed E-state index contributed by atoms with van der Waals surface area (Å²) in [7, 11) is 0. The maximum Gasteiger partial charge on any atom is 0.409 e. The van der Waals surface area contributed by atoms with Crippen LogP contribution in [-0.2, 0) is 4.74 Å². The molecule has 0 spiro atoms. The first-order valence-electron chi connectivity index (χ1n) is 9.84. The maximum atomic E-state index is 13.1. The molecule has 1 amide bonds. The Morgan fingerprint density at radius 1 is 1.21 bits per heavy atom. The third-order valence-corrected chi connectivity index (χ3v) is 6.50. The van der Waals surface area contributed by atoms with Gasteiger partial charge in [-0.1, -0.05) is 41.6 Å². The number of ether oxygens (including phenoxy) is 1. The summed E-state index contributed by atoms with van der Waals surface area (Å²) in [5, 5.41) is 4.60. The van der Waals surface area contributed by atoms with E-state index >= 15 is 0 Å². The lowest BCUT2D eigenvalue weighted by atomic mass is 9.99. The van der Waals surface area contributed by atoms with E-state index in [-0.39, 0.29) is 23.3 Å². The van der Waals surface area contributed by atoms with Crippen molar-refractivity contribution in [3.63, 3.8) is 0 Å². The lowest BCUT2D eigenvalue weighted by molar-refractivity contribution is 0.0600. The lowest BCUT2D eigenvalue weighted by Gasteiger charge is -2.40. The van der Waals surface area contributed by atoms with E-state index in [0.29, 0.717) is 43.8 Å². The molecule has 1 aromatic heterocycles. The number of rotatable bonds is 4. The van der Waals surface area contributed by atoms with Crippen molar-refractivity contribution in [1.82, 2.24) is 24.6 Å². The number of carbonyl (C=O) groups excluding carboxylic acids is 2. The van der Waals surface area contributed by atoms with Crippen LogP contribution in [0.1, 0.15) is 34.7 Å². The number of amides is 1. The van der Waals surface area contributed by atoms with Gasteiger partial charge in [-0.2, -0.15) is 4.68 Å². The van der Waals surface area contributed by atoms with Gasteiger partial charge in [0.05, 0.1) is 12.6 Å². The fourth-order valence-electron chi connectivity index (χ4n) is 3.84. The molecule has 2 atom stereocenters. The summed E-state index contributed by atoms with van der Waals surface area (Å²) in [6.45, 7) is 8.53. The Bertz CT molecular complexity index is 905. The van der Waals surface area contributed by atoms with Crippen molar-refractivity contribution in [2.75, 3.05) is 32.8 Å². The van der Waals surface area contributed by atoms with Crippen LogP contribution in [-0.4, -0.2) is 74.6 Å². The summed E-state index contributed by atoms with van der Waals surface area (Å²) in [4.78, 5) is 33.6. The topological polar surface area (TPSA) is 80.6 Å². The lowest BCUT2D eigenvalue weighted by Crippen LogP contribution is -2.52. The Morgan fingerprint density at radius 2 is 1.90 bits per heavy atom. The number of nitrogens with zero attached hydrogens (tertiary/aromatic N) is 5. The molecule has 3 heterocycles. The van der Waals surface area contributed by atoms with E-state index in [9.17, 15) is 9.59 Å². The van der Waals surface area contributed by atoms with Gasteiger partial charge in [0.15, 0.2) is 5.16 Å². The average Bonchev–Trinajstić information content (AvgIpc) is 3.22. The van der Waals surface area contributed by atoms with Crippen LogP contribution >= 0.6 is 11.8 Å². The summed E-state index contributed by atoms with van der Waals surface area (Å²) in [6.07, 6.45) is -0.273. The van der Waals surface area contributed by atoms with E-state index < -0.39 is 0 Å². The molecule has 4 rings (SSSR count). The van der Waals surface area contributed by atoms with Crippen LogP contribution in [0.4, 0.5) is 4.79 Å². The van der Waals surface area contributed by atoms with Crippen LogP contribution in [0.25, 0.3) is 0 Å². The van der Waals surface area contributed by atoms with Gasteiger partial charge in [-0.25, -0.2) is 9.78 Å². The SMILES string of the molecule is CCOC(=O)N1CCN(C(c2ccc(C)cc2)C2Sc3nc(C)nn3C2=O)CC1. The molecule has 0 N–H and O–H groups in total. The predicted molar refractivity (Wildman–Crippen MR) is 109 cm³/mol. The normalized spacial score (nSPS) is 20.6. The van der Waals surface area contributed by atoms with E-state index in [0.717, 1.165) is 5.56 Å². The van der Waals surface area contributed by atoms with E-state index in [2.05, 4.69) is 46.2 Å². The highest BCUT2D eigenvalue weighted by Gasteiger charge is 2.43. The van der Waals surface area contributed by atoms with Crippen LogP contribution in [0.15, 0.2) is 29.4 Å². The molecular formula is C20H25N5O3S. The van der Waals surface area contributed by atoms with Gasteiger partial charge in [0, 0.05) is 26.2 Å². The summed E-state index contributed by atoms with van der Waals surface area (Å²) in [5.74, 6) is 0.568. The van der Waals surface area contributed by atoms with Gasteiger partial charge >= 0.3 is 6.09 Å². The van der Waals surface area contributed by atoms with Gasteiger partial charge in [-0.05, 0) is 26.3 Å². The van der Waals surface area contributed by atoms with Gasteiger partial charge in [-0.3, -0.25) is 9.69 Å². The number of benzene rings is 1. The van der Waals surface area contributed by atoms with Crippen LogP contribution in [0.5, 0.6) is 0 Å². The minimum atomic E-state index is -0.317. The first-order chi connectivity index (χ1) is 14.0. The molecule has 29 heavy (non-hydrogen) atoms. The van der Waals surface area contributed by atoms with Gasteiger partial charge in [-0.15, -0.1) is 5.10 Å². The second kappa shape index (κ2) is 8.16. The van der Waals surface area contributed by atoms with Crippen LogP contribution < -0.4 is 0 Å². The molecule has 2 aliphatic heterocycles. The standard InChI is InChI=1S/C20H25N5O3S/c1-4-28-20(27)24-11-9-23(10-12-24)16(15-7-5-13(2)6-8-15)17-18(26)25-19(29-17)21-14(3)22-25/h5-8,16-17H,4,9-12H2,1-3H3. The number of hydrogen-bond donors (Lipinski definition) is 0. The zero-order chi connectivity index (χ0) is 20.5. The monoisotopic (exact) mass is 415 g/mol. The fourth-order valence-corrected chi connectivity index (χ4v) is 5.14. The summed E-state index contributed by atoms with van der Waals surface area (Å²) >= 11 is 1.47. The van der Waals surface area contributed by atoms with Crippen LogP contribution in [0.2, 0.25) is 0 Å². The highest BCUT2D eigenvalue weighted by molar-refractivity contribution is 8.00. The first kappa shape index (κ1) is 19.9. The van der Waals surface area contributed by atoms with Crippen molar-refractivity contribution in [3.8, 4) is 0 Å². The molecule has 1 saturated heterocycles. The second-order valence-electron chi connectivity index (χ2n) is 7.31. The van der Waals surface area contributed by atoms with Gasteiger partial charge in [0.2, 0.25) is 0 Å². The number of piperazine rings is 1. The third-order valence-electron chi connectivity index (χ3n) is 5.31. The smallest absolute Gasteiger partial charge is 0.409 e. The van der Waals surface area contributed by atoms with Crippen molar-refractivity contribution < 1.29 is 14.3 Å². The van der Waals surface area contributed by atoms with Crippen LogP contribution in [0, 0.1) is 13.8 Å². The Morgan fingerprint density at radius 3 is 2.52 bits per heavy atom. The maximum absolute atomic E-state index is 13.1. The highest BCUT2D eigenvalue weighted by Crippen LogP contribution is 2.41. The first-order valence-corrected chi connectivity index (χ1v) is 10.7. The Balaban J connectivity index is 1.57. The molecule has 154 valence electrons. The zero-order valence-electron chi connectivity index (χ0n) is 16.9. The Kier molecular flexibility index (Phi) is 5.60. The largest absolute Gasteiger partial charge is 0.450 e. The molecule has 2 aromatic rings. The number of aryl methyl sites for hydroxylation is 2. The highest BCUT2D eigenvalue weighted by atomic mass is 32.2. The van der Waals surface area contributed by atoms with E-state index in [1.165, 1.54) is 22.0 Å². The number of thioether (sulfide) groups is 1. The van der Waals surface area contributed by atoms with Gasteiger partial charge in [0.1, 0.15) is 11.1 Å². The molecule has 1 fully saturated rings. The Hall–Kier alpha value is -2.39. The summed E-state index contributed by atoms with van der Waals surface area (Å²) in [5.41, 5.74) is 2.27. The molecule has 0 aliphatic carbocycles. The summed E-state index contributed by atoms with van der Waals surface area (Å²) in [6, 6.07) is 8.21. The molecule has 2 unspecified atom stereocenters. The molecule has 0 radical (unpaired) electrons. The minimum absolute atomic E-state index is 0.0380. The minimum Gasteiger partial charge on any atom is -0.450 e. The molecular weight excluding hydrogens is 390 g/mol. The number of carbonyl (C=O) groups is 2. The number of aromatic nitrogens is 3. The quantitative estimate of drug-likeness (QED) is 0.759. The molecule has 0 bridgehead atoms. The number of fused-ring (bicyclic) bond motifs is 1. The predicted octanol–water partition coefficient (Wildman–Crippen LogP) is 2.52. The van der Waals surface area contributed by atoms with E-state index in [1.807, 2.05) is 6.92 Å². The van der Waals surface area contributed by atoms with E-state index in [4.69, 9.17) is 4.74 Å². The van der Waals surface area contributed by atoms with Gasteiger partial charge < -0.3 is 9.64 Å². The fraction of sp³-hybridized carbons (Fsp3) is 0.500. The molecule has 2 aliphatic rings. The Labute approximate surface area is 174 Å². The summed E-state index contributed by atoms with van der Waals surface area (Å²) < 4.78 is 6.56. The zero-order valence-corrected chi connectivity index (χ0v) is 17.7. The average molecular weight is 416 g/mol. The second-order valence-corrected chi connectivity index (χ2v) is 8.42. The van der Waals surface area contributed by atoms with Crippen molar-refractivity contribution in [2.24, 2.45) is 0 Å². The van der Waals surface area contributed by atoms with Crippen molar-refractivity contribution >= 4 is 23.8 Å². The van der Waals surface area contributed by atoms with Crippen LogP contribution in [0.3, 0.4) is 0 Å². The number of hydrogen-bond acceptors (Lipinski definition) is 7. The van der Waals surface area contributed by atoms with Crippen molar-refractivity contribution in [1.29, 1.82) is 0 Å². The van der Waals surface area contributed by atoms with Gasteiger partial charge in [0.25, 0.3) is 5.91 Å². The molecule has 1 aromatic carbocycles. The molecule has 0 saturated carbocycles. The molecule has 8 nitrogen and oxygen atoms in total. The third kappa shape index (κ3) is 3.89. The van der Waals surface area contributed by atoms with Crippen molar-refractivity contribution in [2.45, 2.75) is 37.2 Å². The van der Waals surface area contributed by atoms with Crippen molar-refractivity contribution in [3.05, 3.63) is 41.2 Å².